The van der Waals surface area contributed by atoms with Gasteiger partial charge in [0, 0.05) is 12.6 Å². The van der Waals surface area contributed by atoms with Crippen molar-refractivity contribution in [1.29, 1.82) is 0 Å². The van der Waals surface area contributed by atoms with E-state index < -0.39 is 0 Å². The zero-order chi connectivity index (χ0) is 13.0. The summed E-state index contributed by atoms with van der Waals surface area (Å²) in [6, 6.07) is 8.74. The molecule has 1 atom stereocenters. The molecular formula is C16H23NO. The number of amides is 1. The molecule has 1 aliphatic heterocycles. The molecule has 1 heterocycles. The van der Waals surface area contributed by atoms with Gasteiger partial charge in [-0.15, -0.1) is 0 Å². The van der Waals surface area contributed by atoms with Gasteiger partial charge in [-0.05, 0) is 38.2 Å². The maximum atomic E-state index is 12.4. The van der Waals surface area contributed by atoms with Crippen LogP contribution < -0.4 is 0 Å². The van der Waals surface area contributed by atoms with Crippen LogP contribution >= 0.6 is 0 Å². The number of hydrogen-bond acceptors (Lipinski definition) is 1. The molecule has 0 bridgehead atoms. The molecule has 0 N–H and O–H groups in total. The van der Waals surface area contributed by atoms with Gasteiger partial charge in [0.25, 0.3) is 0 Å². The Morgan fingerprint density at radius 3 is 2.94 bits per heavy atom. The van der Waals surface area contributed by atoms with Crippen molar-refractivity contribution >= 4 is 5.91 Å². The van der Waals surface area contributed by atoms with E-state index in [9.17, 15) is 4.79 Å². The van der Waals surface area contributed by atoms with Crippen molar-refractivity contribution in [3.63, 3.8) is 0 Å². The van der Waals surface area contributed by atoms with Crippen LogP contribution in [0.2, 0.25) is 0 Å². The summed E-state index contributed by atoms with van der Waals surface area (Å²) >= 11 is 0. The number of carbonyl (C=O) groups is 1. The third-order valence-corrected chi connectivity index (χ3v) is 3.86. The van der Waals surface area contributed by atoms with Gasteiger partial charge >= 0.3 is 0 Å². The molecule has 1 saturated heterocycles. The van der Waals surface area contributed by atoms with Crippen molar-refractivity contribution in [2.24, 2.45) is 0 Å². The average Bonchev–Trinajstić information content (AvgIpc) is 2.38. The molecule has 0 saturated carbocycles. The fraction of sp³-hybridized carbons (Fsp3) is 0.562. The van der Waals surface area contributed by atoms with Crippen molar-refractivity contribution < 1.29 is 4.79 Å². The SMILES string of the molecule is CCC1CCCCN1C(=O)Cc1cccc(C)c1. The standard InChI is InChI=1S/C16H23NO/c1-3-15-9-4-5-10-17(15)16(18)12-14-8-6-7-13(2)11-14/h6-8,11,15H,3-5,9-10,12H2,1-2H3. The van der Waals surface area contributed by atoms with Crippen LogP contribution in [0.25, 0.3) is 0 Å². The Bertz CT molecular complexity index is 413. The predicted octanol–water partition coefficient (Wildman–Crippen LogP) is 3.33. The number of benzene rings is 1. The lowest BCUT2D eigenvalue weighted by molar-refractivity contribution is -0.134. The molecule has 18 heavy (non-hydrogen) atoms. The number of hydrogen-bond donors (Lipinski definition) is 0. The van der Waals surface area contributed by atoms with Crippen molar-refractivity contribution in [2.45, 2.75) is 52.0 Å². The highest BCUT2D eigenvalue weighted by Gasteiger charge is 2.24. The molecule has 98 valence electrons. The number of rotatable bonds is 3. The quantitative estimate of drug-likeness (QED) is 0.800. The van der Waals surface area contributed by atoms with Crippen LogP contribution in [0.5, 0.6) is 0 Å². The van der Waals surface area contributed by atoms with Crippen molar-refractivity contribution in [2.75, 3.05) is 6.54 Å². The molecule has 0 aliphatic carbocycles. The molecule has 1 unspecified atom stereocenters. The van der Waals surface area contributed by atoms with Gasteiger partial charge in [0.05, 0.1) is 6.42 Å². The average molecular weight is 245 g/mol. The number of aryl methyl sites for hydroxylation is 1. The Hall–Kier alpha value is -1.31. The molecule has 2 rings (SSSR count). The molecule has 1 fully saturated rings. The minimum atomic E-state index is 0.298. The van der Waals surface area contributed by atoms with Crippen LogP contribution in [-0.4, -0.2) is 23.4 Å². The number of likely N-dealkylation sites (tertiary alicyclic amines) is 1. The Morgan fingerprint density at radius 2 is 2.22 bits per heavy atom. The van der Waals surface area contributed by atoms with Gasteiger partial charge < -0.3 is 4.90 Å². The lowest BCUT2D eigenvalue weighted by atomic mass is 9.98. The number of carbonyl (C=O) groups excluding carboxylic acids is 1. The first-order chi connectivity index (χ1) is 8.70. The van der Waals surface area contributed by atoms with Crippen LogP contribution in [0, 0.1) is 6.92 Å². The van der Waals surface area contributed by atoms with Crippen LogP contribution in [0.15, 0.2) is 24.3 Å². The van der Waals surface area contributed by atoms with Gasteiger partial charge in [-0.3, -0.25) is 4.79 Å². The van der Waals surface area contributed by atoms with Crippen molar-refractivity contribution in [3.8, 4) is 0 Å². The van der Waals surface area contributed by atoms with Gasteiger partial charge in [0.15, 0.2) is 0 Å². The zero-order valence-corrected chi connectivity index (χ0v) is 11.5. The van der Waals surface area contributed by atoms with E-state index in [0.717, 1.165) is 24.9 Å². The first-order valence-corrected chi connectivity index (χ1v) is 7.05. The first-order valence-electron chi connectivity index (χ1n) is 7.05. The van der Waals surface area contributed by atoms with E-state index in [-0.39, 0.29) is 0 Å². The molecule has 1 amide bonds. The molecule has 2 heteroatoms. The topological polar surface area (TPSA) is 20.3 Å². The minimum Gasteiger partial charge on any atom is -0.339 e. The first kappa shape index (κ1) is 13.1. The summed E-state index contributed by atoms with van der Waals surface area (Å²) < 4.78 is 0. The second-order valence-electron chi connectivity index (χ2n) is 5.31. The number of nitrogens with zero attached hydrogens (tertiary/aromatic N) is 1. The maximum absolute atomic E-state index is 12.4. The highest BCUT2D eigenvalue weighted by Crippen LogP contribution is 2.20. The Labute approximate surface area is 110 Å². The molecular weight excluding hydrogens is 222 g/mol. The van der Waals surface area contributed by atoms with E-state index in [2.05, 4.69) is 36.9 Å². The fourth-order valence-corrected chi connectivity index (χ4v) is 2.85. The van der Waals surface area contributed by atoms with Crippen LogP contribution in [0.1, 0.15) is 43.7 Å². The lowest BCUT2D eigenvalue weighted by Gasteiger charge is -2.35. The molecule has 0 spiro atoms. The number of piperidine rings is 1. The van der Waals surface area contributed by atoms with E-state index in [1.54, 1.807) is 0 Å². The highest BCUT2D eigenvalue weighted by molar-refractivity contribution is 5.79. The molecule has 1 aromatic rings. The maximum Gasteiger partial charge on any atom is 0.227 e. The summed E-state index contributed by atoms with van der Waals surface area (Å²) in [5.74, 6) is 0.298. The summed E-state index contributed by atoms with van der Waals surface area (Å²) in [7, 11) is 0. The Kier molecular flexibility index (Phi) is 4.40. The fourth-order valence-electron chi connectivity index (χ4n) is 2.85. The van der Waals surface area contributed by atoms with Crippen LogP contribution in [-0.2, 0) is 11.2 Å². The van der Waals surface area contributed by atoms with Crippen LogP contribution in [0.4, 0.5) is 0 Å². The molecule has 0 aromatic heterocycles. The molecule has 0 radical (unpaired) electrons. The monoisotopic (exact) mass is 245 g/mol. The van der Waals surface area contributed by atoms with Crippen LogP contribution in [0.3, 0.4) is 0 Å². The second kappa shape index (κ2) is 6.03. The highest BCUT2D eigenvalue weighted by atomic mass is 16.2. The summed E-state index contributed by atoms with van der Waals surface area (Å²) in [4.78, 5) is 14.5. The third-order valence-electron chi connectivity index (χ3n) is 3.86. The summed E-state index contributed by atoms with van der Waals surface area (Å²) in [6.07, 6.45) is 5.25. The van der Waals surface area contributed by atoms with E-state index >= 15 is 0 Å². The van der Waals surface area contributed by atoms with E-state index in [1.165, 1.54) is 18.4 Å². The van der Waals surface area contributed by atoms with Gasteiger partial charge in [-0.25, -0.2) is 0 Å². The third kappa shape index (κ3) is 3.12. The smallest absolute Gasteiger partial charge is 0.227 e. The summed E-state index contributed by atoms with van der Waals surface area (Å²) in [6.45, 7) is 5.20. The summed E-state index contributed by atoms with van der Waals surface area (Å²) in [5, 5.41) is 0. The van der Waals surface area contributed by atoms with Gasteiger partial charge in [-0.1, -0.05) is 36.8 Å². The molecule has 1 aromatic carbocycles. The molecule has 1 aliphatic rings. The summed E-state index contributed by atoms with van der Waals surface area (Å²) in [5.41, 5.74) is 2.37. The Balaban J connectivity index is 2.02. The van der Waals surface area contributed by atoms with E-state index in [1.807, 2.05) is 6.07 Å². The predicted molar refractivity (Wildman–Crippen MR) is 74.5 cm³/mol. The second-order valence-corrected chi connectivity index (χ2v) is 5.31. The van der Waals surface area contributed by atoms with Gasteiger partial charge in [0.2, 0.25) is 5.91 Å². The van der Waals surface area contributed by atoms with Crippen molar-refractivity contribution in [1.82, 2.24) is 4.90 Å². The van der Waals surface area contributed by atoms with Gasteiger partial charge in [0.1, 0.15) is 0 Å². The largest absolute Gasteiger partial charge is 0.339 e. The molecule has 2 nitrogen and oxygen atoms in total. The van der Waals surface area contributed by atoms with Gasteiger partial charge in [-0.2, -0.15) is 0 Å². The minimum absolute atomic E-state index is 0.298. The van der Waals surface area contributed by atoms with E-state index in [4.69, 9.17) is 0 Å². The van der Waals surface area contributed by atoms with E-state index in [0.29, 0.717) is 18.4 Å². The van der Waals surface area contributed by atoms with Crippen molar-refractivity contribution in [3.05, 3.63) is 35.4 Å². The zero-order valence-electron chi connectivity index (χ0n) is 11.5. The normalized spacial score (nSPS) is 19.9. The lowest BCUT2D eigenvalue weighted by Crippen LogP contribution is -2.44. The Morgan fingerprint density at radius 1 is 1.39 bits per heavy atom.